The Morgan fingerprint density at radius 3 is 2.85 bits per heavy atom. The fourth-order valence-corrected chi connectivity index (χ4v) is 2.62. The number of rotatable bonds is 5. The van der Waals surface area contributed by atoms with Gasteiger partial charge in [0.2, 0.25) is 0 Å². The Balaban J connectivity index is 1.72. The molecule has 7 nitrogen and oxygen atoms in total. The highest BCUT2D eigenvalue weighted by atomic mass is 16.4. The molecule has 2 rings (SSSR count). The number of imidazole rings is 1. The van der Waals surface area contributed by atoms with Crippen LogP contribution >= 0.6 is 0 Å². The summed E-state index contributed by atoms with van der Waals surface area (Å²) in [7, 11) is 0. The molecule has 1 heterocycles. The molecule has 2 amide bonds. The number of aromatic nitrogens is 2. The fraction of sp³-hybridized carbons (Fsp3) is 0.615. The maximum atomic E-state index is 11.7. The lowest BCUT2D eigenvalue weighted by Crippen LogP contribution is -2.41. The summed E-state index contributed by atoms with van der Waals surface area (Å²) >= 11 is 0. The van der Waals surface area contributed by atoms with Crippen molar-refractivity contribution < 1.29 is 14.7 Å². The molecule has 20 heavy (non-hydrogen) atoms. The third kappa shape index (κ3) is 3.97. The summed E-state index contributed by atoms with van der Waals surface area (Å²) < 4.78 is 0. The van der Waals surface area contributed by atoms with Gasteiger partial charge in [0.25, 0.3) is 0 Å². The Labute approximate surface area is 117 Å². The van der Waals surface area contributed by atoms with Gasteiger partial charge in [0, 0.05) is 12.7 Å². The topological polar surface area (TPSA) is 107 Å². The number of H-pyrrole nitrogens is 1. The third-order valence-corrected chi connectivity index (χ3v) is 3.75. The second-order valence-corrected chi connectivity index (χ2v) is 5.13. The van der Waals surface area contributed by atoms with Crippen molar-refractivity contribution in [2.75, 3.05) is 6.54 Å². The summed E-state index contributed by atoms with van der Waals surface area (Å²) in [6, 6.07) is -0.283. The molecule has 0 bridgehead atoms. The molecule has 0 spiro atoms. The number of carboxylic acids is 1. The van der Waals surface area contributed by atoms with Gasteiger partial charge >= 0.3 is 12.0 Å². The van der Waals surface area contributed by atoms with Gasteiger partial charge < -0.3 is 20.7 Å². The van der Waals surface area contributed by atoms with Gasteiger partial charge in [0.1, 0.15) is 0 Å². The first-order chi connectivity index (χ1) is 9.66. The summed E-state index contributed by atoms with van der Waals surface area (Å²) in [5.41, 5.74) is 0.821. The van der Waals surface area contributed by atoms with Crippen molar-refractivity contribution in [2.45, 2.75) is 32.2 Å². The maximum absolute atomic E-state index is 11.7. The third-order valence-electron chi connectivity index (χ3n) is 3.75. The zero-order valence-electron chi connectivity index (χ0n) is 11.3. The van der Waals surface area contributed by atoms with Crippen molar-refractivity contribution in [3.8, 4) is 0 Å². The molecular weight excluding hydrogens is 260 g/mol. The minimum absolute atomic E-state index is 0.0270. The molecule has 110 valence electrons. The summed E-state index contributed by atoms with van der Waals surface area (Å²) in [4.78, 5) is 29.5. The standard InChI is InChI=1S/C13H20N4O3/c18-12(19)11-4-2-1-3-9(11)5-15-13(20)16-7-10-6-14-8-17-10/h6,8-9,11H,1-5,7H2,(H,14,17)(H,18,19)(H2,15,16,20). The van der Waals surface area contributed by atoms with E-state index in [4.69, 9.17) is 5.11 Å². The second kappa shape index (κ2) is 6.93. The molecule has 0 aliphatic heterocycles. The Morgan fingerprint density at radius 1 is 1.35 bits per heavy atom. The van der Waals surface area contributed by atoms with Crippen molar-refractivity contribution in [3.63, 3.8) is 0 Å². The highest BCUT2D eigenvalue weighted by Gasteiger charge is 2.30. The number of aromatic amines is 1. The zero-order chi connectivity index (χ0) is 14.4. The minimum Gasteiger partial charge on any atom is -0.481 e. The molecule has 2 atom stereocenters. The zero-order valence-corrected chi connectivity index (χ0v) is 11.3. The normalized spacial score (nSPS) is 22.2. The number of nitrogens with one attached hydrogen (secondary N) is 3. The monoisotopic (exact) mass is 280 g/mol. The average Bonchev–Trinajstić information content (AvgIpc) is 2.96. The van der Waals surface area contributed by atoms with E-state index < -0.39 is 5.97 Å². The van der Waals surface area contributed by atoms with Gasteiger partial charge in [-0.2, -0.15) is 0 Å². The number of carbonyl (C=O) groups excluding carboxylic acids is 1. The smallest absolute Gasteiger partial charge is 0.315 e. The predicted molar refractivity (Wildman–Crippen MR) is 71.9 cm³/mol. The molecule has 1 saturated carbocycles. The molecule has 0 aromatic carbocycles. The Kier molecular flexibility index (Phi) is 4.97. The number of aliphatic carboxylic acids is 1. The highest BCUT2D eigenvalue weighted by Crippen LogP contribution is 2.29. The molecule has 0 radical (unpaired) electrons. The van der Waals surface area contributed by atoms with Gasteiger partial charge in [-0.3, -0.25) is 4.79 Å². The first kappa shape index (κ1) is 14.4. The number of nitrogens with zero attached hydrogens (tertiary/aromatic N) is 1. The average molecular weight is 280 g/mol. The molecule has 1 aromatic rings. The van der Waals surface area contributed by atoms with Crippen molar-refractivity contribution in [3.05, 3.63) is 18.2 Å². The van der Waals surface area contributed by atoms with Crippen LogP contribution in [0.25, 0.3) is 0 Å². The molecule has 7 heteroatoms. The number of hydrogen-bond donors (Lipinski definition) is 4. The molecule has 1 aromatic heterocycles. The Bertz CT molecular complexity index is 446. The van der Waals surface area contributed by atoms with Gasteiger partial charge in [-0.1, -0.05) is 12.8 Å². The molecule has 1 fully saturated rings. The van der Waals surface area contributed by atoms with Gasteiger partial charge in [-0.05, 0) is 18.8 Å². The number of amides is 2. The molecule has 0 saturated heterocycles. The van der Waals surface area contributed by atoms with Crippen LogP contribution in [0.5, 0.6) is 0 Å². The summed E-state index contributed by atoms with van der Waals surface area (Å²) in [5, 5.41) is 14.6. The fourth-order valence-electron chi connectivity index (χ4n) is 2.62. The molecule has 1 aliphatic rings. The lowest BCUT2D eigenvalue weighted by Gasteiger charge is -2.28. The van der Waals surface area contributed by atoms with Crippen molar-refractivity contribution >= 4 is 12.0 Å². The second-order valence-electron chi connectivity index (χ2n) is 5.13. The lowest BCUT2D eigenvalue weighted by molar-refractivity contribution is -0.144. The largest absolute Gasteiger partial charge is 0.481 e. The van der Waals surface area contributed by atoms with E-state index in [2.05, 4.69) is 20.6 Å². The van der Waals surface area contributed by atoms with Gasteiger partial charge in [0.05, 0.1) is 24.5 Å². The van der Waals surface area contributed by atoms with Gasteiger partial charge in [-0.15, -0.1) is 0 Å². The van der Waals surface area contributed by atoms with E-state index in [9.17, 15) is 9.59 Å². The van der Waals surface area contributed by atoms with E-state index in [0.29, 0.717) is 19.5 Å². The van der Waals surface area contributed by atoms with Crippen LogP contribution in [0, 0.1) is 11.8 Å². The number of hydrogen-bond acceptors (Lipinski definition) is 3. The number of carbonyl (C=O) groups is 2. The van der Waals surface area contributed by atoms with E-state index >= 15 is 0 Å². The van der Waals surface area contributed by atoms with Crippen LogP contribution < -0.4 is 10.6 Å². The Hall–Kier alpha value is -2.05. The number of urea groups is 1. The summed E-state index contributed by atoms with van der Waals surface area (Å²) in [5.74, 6) is -1.06. The SMILES string of the molecule is O=C(NCc1cnc[nH]1)NCC1CCCCC1C(=O)O. The quantitative estimate of drug-likeness (QED) is 0.647. The molecule has 1 aliphatic carbocycles. The van der Waals surface area contributed by atoms with Crippen molar-refractivity contribution in [1.82, 2.24) is 20.6 Å². The van der Waals surface area contributed by atoms with E-state index in [0.717, 1.165) is 25.0 Å². The van der Waals surface area contributed by atoms with Crippen molar-refractivity contribution in [1.29, 1.82) is 0 Å². The van der Waals surface area contributed by atoms with Crippen LogP contribution in [-0.4, -0.2) is 33.6 Å². The maximum Gasteiger partial charge on any atom is 0.315 e. The van der Waals surface area contributed by atoms with E-state index in [1.54, 1.807) is 12.5 Å². The van der Waals surface area contributed by atoms with Crippen LogP contribution in [0.2, 0.25) is 0 Å². The van der Waals surface area contributed by atoms with Crippen LogP contribution in [0.15, 0.2) is 12.5 Å². The molecule has 2 unspecified atom stereocenters. The predicted octanol–water partition coefficient (Wildman–Crippen LogP) is 1.10. The Morgan fingerprint density at radius 2 is 2.15 bits per heavy atom. The highest BCUT2D eigenvalue weighted by molar-refractivity contribution is 5.74. The van der Waals surface area contributed by atoms with E-state index in [1.807, 2.05) is 0 Å². The van der Waals surface area contributed by atoms with Gasteiger partial charge in [-0.25, -0.2) is 9.78 Å². The molecule has 4 N–H and O–H groups in total. The van der Waals surface area contributed by atoms with Crippen LogP contribution in [-0.2, 0) is 11.3 Å². The van der Waals surface area contributed by atoms with Crippen LogP contribution in [0.4, 0.5) is 4.79 Å². The van der Waals surface area contributed by atoms with E-state index in [-0.39, 0.29) is 17.9 Å². The lowest BCUT2D eigenvalue weighted by atomic mass is 9.79. The van der Waals surface area contributed by atoms with Crippen molar-refractivity contribution in [2.24, 2.45) is 11.8 Å². The summed E-state index contributed by atoms with van der Waals surface area (Å²) in [6.45, 7) is 0.782. The first-order valence-corrected chi connectivity index (χ1v) is 6.88. The van der Waals surface area contributed by atoms with Gasteiger partial charge in [0.15, 0.2) is 0 Å². The number of carboxylic acid groups (broad SMARTS) is 1. The molecular formula is C13H20N4O3. The van der Waals surface area contributed by atoms with Crippen LogP contribution in [0.1, 0.15) is 31.4 Å². The van der Waals surface area contributed by atoms with E-state index in [1.165, 1.54) is 0 Å². The minimum atomic E-state index is -0.755. The summed E-state index contributed by atoms with van der Waals surface area (Å²) in [6.07, 6.45) is 6.75. The van der Waals surface area contributed by atoms with Crippen LogP contribution in [0.3, 0.4) is 0 Å². The first-order valence-electron chi connectivity index (χ1n) is 6.88.